The van der Waals surface area contributed by atoms with Crippen molar-refractivity contribution >= 4 is 16.9 Å². The molecule has 0 radical (unpaired) electrons. The van der Waals surface area contributed by atoms with Crippen molar-refractivity contribution in [3.05, 3.63) is 12.7 Å². The van der Waals surface area contributed by atoms with Crippen LogP contribution in [0, 0.1) is 5.92 Å². The van der Waals surface area contributed by atoms with Crippen LogP contribution in [0.3, 0.4) is 0 Å². The number of rotatable bonds is 3. The molecule has 52 valence electrons. The third-order valence-corrected chi connectivity index (χ3v) is 2.01. The minimum absolute atomic E-state index is 0.0729. The van der Waals surface area contributed by atoms with Gasteiger partial charge >= 0.3 is 0 Å². The lowest BCUT2D eigenvalue weighted by Crippen LogP contribution is -1.94. The number of hydrogen-bond donors (Lipinski definition) is 0. The van der Waals surface area contributed by atoms with Gasteiger partial charge in [0.2, 0.25) is 5.12 Å². The summed E-state index contributed by atoms with van der Waals surface area (Å²) in [5, 5.41) is 0.0729. The highest BCUT2D eigenvalue weighted by Gasteiger charge is 1.97. The second-order valence-corrected chi connectivity index (χ2v) is 3.25. The zero-order valence-electron chi connectivity index (χ0n) is 5.89. The molecule has 0 fully saturated rings. The molecule has 0 aromatic rings. The van der Waals surface area contributed by atoms with Gasteiger partial charge in [0.1, 0.15) is 0 Å². The van der Waals surface area contributed by atoms with E-state index in [2.05, 4.69) is 20.4 Å². The van der Waals surface area contributed by atoms with Gasteiger partial charge in [0, 0.05) is 5.75 Å². The Hall–Kier alpha value is -0.240. The Morgan fingerprint density at radius 3 is 2.67 bits per heavy atom. The van der Waals surface area contributed by atoms with E-state index < -0.39 is 0 Å². The van der Waals surface area contributed by atoms with Gasteiger partial charge in [-0.15, -0.1) is 0 Å². The van der Waals surface area contributed by atoms with Crippen molar-refractivity contribution in [2.45, 2.75) is 13.8 Å². The zero-order valence-corrected chi connectivity index (χ0v) is 6.70. The minimum Gasteiger partial charge on any atom is -0.282 e. The molecular formula is C7H12OS. The molecule has 0 unspecified atom stereocenters. The van der Waals surface area contributed by atoms with E-state index in [4.69, 9.17) is 0 Å². The van der Waals surface area contributed by atoms with E-state index in [0.29, 0.717) is 5.92 Å². The van der Waals surface area contributed by atoms with Crippen LogP contribution in [0.15, 0.2) is 12.7 Å². The Kier molecular flexibility index (Phi) is 4.50. The van der Waals surface area contributed by atoms with Crippen molar-refractivity contribution in [3.8, 4) is 0 Å². The quantitative estimate of drug-likeness (QED) is 0.564. The first-order valence-corrected chi connectivity index (χ1v) is 3.94. The van der Waals surface area contributed by atoms with Gasteiger partial charge in [0.15, 0.2) is 0 Å². The Balaban J connectivity index is 3.27. The molecular weight excluding hydrogens is 132 g/mol. The largest absolute Gasteiger partial charge is 0.282 e. The van der Waals surface area contributed by atoms with Crippen LogP contribution in [0.2, 0.25) is 0 Å². The summed E-state index contributed by atoms with van der Waals surface area (Å²) in [7, 11) is 0. The number of thioether (sulfide) groups is 1. The highest BCUT2D eigenvalue weighted by atomic mass is 32.2. The maximum Gasteiger partial charge on any atom is 0.211 e. The molecule has 0 aliphatic heterocycles. The average Bonchev–Trinajstić information content (AvgIpc) is 1.83. The molecule has 0 amide bonds. The molecule has 0 aliphatic rings. The fraction of sp³-hybridized carbons (Fsp3) is 0.571. The summed E-state index contributed by atoms with van der Waals surface area (Å²) in [5.74, 6) is 1.48. The van der Waals surface area contributed by atoms with Gasteiger partial charge in [-0.1, -0.05) is 32.2 Å². The Labute approximate surface area is 60.5 Å². The smallest absolute Gasteiger partial charge is 0.211 e. The molecule has 0 saturated carbocycles. The first-order valence-electron chi connectivity index (χ1n) is 2.96. The summed E-state index contributed by atoms with van der Waals surface area (Å²) in [6, 6.07) is 0. The van der Waals surface area contributed by atoms with Crippen molar-refractivity contribution in [3.63, 3.8) is 0 Å². The van der Waals surface area contributed by atoms with E-state index in [1.165, 1.54) is 17.8 Å². The van der Waals surface area contributed by atoms with Crippen LogP contribution in [-0.4, -0.2) is 10.9 Å². The molecule has 0 aromatic carbocycles. The van der Waals surface area contributed by atoms with Gasteiger partial charge in [-0.3, -0.25) is 4.79 Å². The molecule has 0 atom stereocenters. The SMILES string of the molecule is C=CC(=O)SCC(C)C. The summed E-state index contributed by atoms with van der Waals surface area (Å²) in [6.07, 6.45) is 1.35. The maximum atomic E-state index is 10.6. The molecule has 0 heterocycles. The van der Waals surface area contributed by atoms with Crippen LogP contribution in [0.25, 0.3) is 0 Å². The van der Waals surface area contributed by atoms with Crippen molar-refractivity contribution in [2.24, 2.45) is 5.92 Å². The van der Waals surface area contributed by atoms with Gasteiger partial charge in [0.25, 0.3) is 0 Å². The number of hydrogen-bond acceptors (Lipinski definition) is 2. The van der Waals surface area contributed by atoms with Gasteiger partial charge in [-0.25, -0.2) is 0 Å². The molecule has 0 aromatic heterocycles. The summed E-state index contributed by atoms with van der Waals surface area (Å²) in [5.41, 5.74) is 0. The summed E-state index contributed by atoms with van der Waals surface area (Å²) >= 11 is 1.33. The zero-order chi connectivity index (χ0) is 7.28. The van der Waals surface area contributed by atoms with Crippen molar-refractivity contribution in [1.29, 1.82) is 0 Å². The Morgan fingerprint density at radius 2 is 2.33 bits per heavy atom. The molecule has 0 bridgehead atoms. The van der Waals surface area contributed by atoms with Crippen LogP contribution in [0.5, 0.6) is 0 Å². The van der Waals surface area contributed by atoms with Crippen LogP contribution >= 0.6 is 11.8 Å². The molecule has 0 spiro atoms. The average molecular weight is 144 g/mol. The first kappa shape index (κ1) is 8.76. The fourth-order valence-corrected chi connectivity index (χ4v) is 0.923. The van der Waals surface area contributed by atoms with Crippen LogP contribution in [0.4, 0.5) is 0 Å². The topological polar surface area (TPSA) is 17.1 Å². The lowest BCUT2D eigenvalue weighted by Gasteiger charge is -1.98. The number of carbonyl (C=O) groups excluding carboxylic acids is 1. The van der Waals surface area contributed by atoms with E-state index >= 15 is 0 Å². The molecule has 0 aliphatic carbocycles. The Morgan fingerprint density at radius 1 is 1.78 bits per heavy atom. The second-order valence-electron chi connectivity index (χ2n) is 2.23. The van der Waals surface area contributed by atoms with E-state index in [0.717, 1.165) is 5.75 Å². The van der Waals surface area contributed by atoms with E-state index in [1.54, 1.807) is 0 Å². The molecule has 0 N–H and O–H groups in total. The maximum absolute atomic E-state index is 10.6. The van der Waals surface area contributed by atoms with Crippen LogP contribution in [0.1, 0.15) is 13.8 Å². The standard InChI is InChI=1S/C7H12OS/c1-4-7(8)9-5-6(2)3/h4,6H,1,5H2,2-3H3. The fourth-order valence-electron chi connectivity index (χ4n) is 0.308. The van der Waals surface area contributed by atoms with Gasteiger partial charge in [0.05, 0.1) is 0 Å². The summed E-state index contributed by atoms with van der Waals surface area (Å²) in [6.45, 7) is 7.54. The molecule has 2 heteroatoms. The third-order valence-electron chi connectivity index (χ3n) is 0.726. The van der Waals surface area contributed by atoms with Crippen molar-refractivity contribution in [2.75, 3.05) is 5.75 Å². The van der Waals surface area contributed by atoms with Crippen LogP contribution in [-0.2, 0) is 4.79 Å². The van der Waals surface area contributed by atoms with E-state index in [-0.39, 0.29) is 5.12 Å². The van der Waals surface area contributed by atoms with Gasteiger partial charge < -0.3 is 0 Å². The highest BCUT2D eigenvalue weighted by molar-refractivity contribution is 8.14. The second kappa shape index (κ2) is 4.62. The normalized spacial score (nSPS) is 9.67. The molecule has 0 saturated heterocycles. The first-order chi connectivity index (χ1) is 4.16. The van der Waals surface area contributed by atoms with Crippen molar-refractivity contribution in [1.82, 2.24) is 0 Å². The minimum atomic E-state index is 0.0729. The number of carbonyl (C=O) groups is 1. The molecule has 1 nitrogen and oxygen atoms in total. The predicted octanol–water partition coefficient (Wildman–Crippen LogP) is 2.09. The van der Waals surface area contributed by atoms with Crippen molar-refractivity contribution < 1.29 is 4.79 Å². The predicted molar refractivity (Wildman–Crippen MR) is 42.5 cm³/mol. The summed E-state index contributed by atoms with van der Waals surface area (Å²) < 4.78 is 0. The lowest BCUT2D eigenvalue weighted by molar-refractivity contribution is -0.107. The highest BCUT2D eigenvalue weighted by Crippen LogP contribution is 2.08. The Bertz CT molecular complexity index is 107. The van der Waals surface area contributed by atoms with E-state index in [1.807, 2.05) is 0 Å². The summed E-state index contributed by atoms with van der Waals surface area (Å²) in [4.78, 5) is 10.6. The monoisotopic (exact) mass is 144 g/mol. The van der Waals surface area contributed by atoms with Gasteiger partial charge in [-0.2, -0.15) is 0 Å². The van der Waals surface area contributed by atoms with Gasteiger partial charge in [-0.05, 0) is 12.0 Å². The van der Waals surface area contributed by atoms with Crippen LogP contribution < -0.4 is 0 Å². The molecule has 9 heavy (non-hydrogen) atoms. The molecule has 0 rings (SSSR count). The third kappa shape index (κ3) is 5.63. The van der Waals surface area contributed by atoms with E-state index in [9.17, 15) is 4.79 Å². The lowest BCUT2D eigenvalue weighted by atomic mass is 10.3.